The van der Waals surface area contributed by atoms with E-state index in [1.165, 1.54) is 17.5 Å². The standard InChI is InChI=1S/C16H17BrO/c1-18-16-11-7-14(8-12-16)4-2-3-13-5-9-15(17)10-6-13/h5-12H,2-4H2,1H3. The second kappa shape index (κ2) is 6.60. The summed E-state index contributed by atoms with van der Waals surface area (Å²) in [5, 5.41) is 0. The maximum atomic E-state index is 5.15. The van der Waals surface area contributed by atoms with Gasteiger partial charge in [-0.1, -0.05) is 40.2 Å². The highest BCUT2D eigenvalue weighted by Gasteiger charge is 1.97. The van der Waals surface area contributed by atoms with Crippen LogP contribution in [-0.4, -0.2) is 7.11 Å². The van der Waals surface area contributed by atoms with Crippen molar-refractivity contribution in [2.75, 3.05) is 7.11 Å². The van der Waals surface area contributed by atoms with Gasteiger partial charge >= 0.3 is 0 Å². The Morgan fingerprint density at radius 2 is 1.33 bits per heavy atom. The zero-order valence-corrected chi connectivity index (χ0v) is 12.1. The number of benzene rings is 2. The first kappa shape index (κ1) is 13.2. The van der Waals surface area contributed by atoms with Crippen LogP contribution >= 0.6 is 15.9 Å². The van der Waals surface area contributed by atoms with E-state index in [1.807, 2.05) is 12.1 Å². The lowest BCUT2D eigenvalue weighted by Crippen LogP contribution is -1.90. The molecule has 0 aliphatic carbocycles. The normalized spacial score (nSPS) is 10.3. The fraction of sp³-hybridized carbons (Fsp3) is 0.250. The predicted molar refractivity (Wildman–Crippen MR) is 79.2 cm³/mol. The molecule has 0 fully saturated rings. The number of hydrogen-bond acceptors (Lipinski definition) is 1. The van der Waals surface area contributed by atoms with Crippen molar-refractivity contribution < 1.29 is 4.74 Å². The Hall–Kier alpha value is -1.28. The molecule has 0 saturated heterocycles. The summed E-state index contributed by atoms with van der Waals surface area (Å²) in [4.78, 5) is 0. The Morgan fingerprint density at radius 3 is 1.83 bits per heavy atom. The van der Waals surface area contributed by atoms with Crippen molar-refractivity contribution in [2.24, 2.45) is 0 Å². The molecule has 2 rings (SSSR count). The van der Waals surface area contributed by atoms with E-state index in [9.17, 15) is 0 Å². The molecule has 2 aromatic carbocycles. The summed E-state index contributed by atoms with van der Waals surface area (Å²) in [6.45, 7) is 0. The van der Waals surface area contributed by atoms with E-state index >= 15 is 0 Å². The molecule has 0 bridgehead atoms. The van der Waals surface area contributed by atoms with E-state index in [1.54, 1.807) is 7.11 Å². The molecule has 94 valence electrons. The van der Waals surface area contributed by atoms with Crippen LogP contribution in [0.25, 0.3) is 0 Å². The van der Waals surface area contributed by atoms with Gasteiger partial charge in [-0.25, -0.2) is 0 Å². The minimum atomic E-state index is 0.923. The van der Waals surface area contributed by atoms with Gasteiger partial charge in [0.25, 0.3) is 0 Å². The molecule has 0 atom stereocenters. The quantitative estimate of drug-likeness (QED) is 0.782. The molecule has 1 nitrogen and oxygen atoms in total. The van der Waals surface area contributed by atoms with Crippen LogP contribution in [0.15, 0.2) is 53.0 Å². The molecule has 0 N–H and O–H groups in total. The lowest BCUT2D eigenvalue weighted by atomic mass is 10.0. The van der Waals surface area contributed by atoms with E-state index < -0.39 is 0 Å². The van der Waals surface area contributed by atoms with Gasteiger partial charge in [-0.15, -0.1) is 0 Å². The third kappa shape index (κ3) is 3.88. The average Bonchev–Trinajstić information content (AvgIpc) is 2.42. The van der Waals surface area contributed by atoms with Crippen LogP contribution in [0.2, 0.25) is 0 Å². The van der Waals surface area contributed by atoms with Crippen molar-refractivity contribution in [3.8, 4) is 5.75 Å². The zero-order chi connectivity index (χ0) is 12.8. The Kier molecular flexibility index (Phi) is 4.82. The average molecular weight is 305 g/mol. The maximum Gasteiger partial charge on any atom is 0.118 e. The lowest BCUT2D eigenvalue weighted by molar-refractivity contribution is 0.414. The van der Waals surface area contributed by atoms with Crippen molar-refractivity contribution in [2.45, 2.75) is 19.3 Å². The van der Waals surface area contributed by atoms with Gasteiger partial charge in [0.05, 0.1) is 7.11 Å². The van der Waals surface area contributed by atoms with Crippen LogP contribution < -0.4 is 4.74 Å². The Balaban J connectivity index is 1.82. The molecule has 0 aliphatic heterocycles. The van der Waals surface area contributed by atoms with Crippen molar-refractivity contribution >= 4 is 15.9 Å². The number of halogens is 1. The highest BCUT2D eigenvalue weighted by molar-refractivity contribution is 9.10. The zero-order valence-electron chi connectivity index (χ0n) is 10.5. The molecule has 18 heavy (non-hydrogen) atoms. The lowest BCUT2D eigenvalue weighted by Gasteiger charge is -2.04. The molecule has 0 amide bonds. The molecule has 0 unspecified atom stereocenters. The van der Waals surface area contributed by atoms with Crippen molar-refractivity contribution in [1.82, 2.24) is 0 Å². The maximum absolute atomic E-state index is 5.15. The molecule has 0 heterocycles. The number of hydrogen-bond donors (Lipinski definition) is 0. The fourth-order valence-corrected chi connectivity index (χ4v) is 2.20. The number of methoxy groups -OCH3 is 1. The van der Waals surface area contributed by atoms with E-state index in [0.29, 0.717) is 0 Å². The largest absolute Gasteiger partial charge is 0.497 e. The third-order valence-corrected chi connectivity index (χ3v) is 3.53. The summed E-state index contributed by atoms with van der Waals surface area (Å²) >= 11 is 3.45. The molecule has 0 radical (unpaired) electrons. The van der Waals surface area contributed by atoms with Gasteiger partial charge in [-0.05, 0) is 54.7 Å². The molecule has 0 aromatic heterocycles. The van der Waals surface area contributed by atoms with E-state index in [4.69, 9.17) is 4.74 Å². The molecule has 0 aliphatic rings. The summed E-state index contributed by atoms with van der Waals surface area (Å²) in [6, 6.07) is 16.9. The van der Waals surface area contributed by atoms with Crippen LogP contribution in [-0.2, 0) is 12.8 Å². The van der Waals surface area contributed by atoms with Gasteiger partial charge < -0.3 is 4.74 Å². The minimum absolute atomic E-state index is 0.923. The Bertz CT molecular complexity index is 473. The number of ether oxygens (including phenoxy) is 1. The first-order valence-electron chi connectivity index (χ1n) is 6.15. The van der Waals surface area contributed by atoms with Crippen LogP contribution in [0, 0.1) is 0 Å². The first-order chi connectivity index (χ1) is 8.78. The Morgan fingerprint density at radius 1 is 0.833 bits per heavy atom. The summed E-state index contributed by atoms with van der Waals surface area (Å²) in [7, 11) is 1.70. The van der Waals surface area contributed by atoms with Gasteiger partial charge in [0.2, 0.25) is 0 Å². The first-order valence-corrected chi connectivity index (χ1v) is 6.94. The van der Waals surface area contributed by atoms with Crippen molar-refractivity contribution in [1.29, 1.82) is 0 Å². The van der Waals surface area contributed by atoms with Gasteiger partial charge in [-0.2, -0.15) is 0 Å². The second-order valence-corrected chi connectivity index (χ2v) is 5.24. The topological polar surface area (TPSA) is 9.23 Å². The summed E-state index contributed by atoms with van der Waals surface area (Å²) in [5.41, 5.74) is 2.76. The van der Waals surface area contributed by atoms with Gasteiger partial charge in [0, 0.05) is 4.47 Å². The second-order valence-electron chi connectivity index (χ2n) is 4.33. The van der Waals surface area contributed by atoms with Crippen molar-refractivity contribution in [3.05, 3.63) is 64.1 Å². The highest BCUT2D eigenvalue weighted by Crippen LogP contribution is 2.15. The van der Waals surface area contributed by atoms with Crippen LogP contribution in [0.4, 0.5) is 0 Å². The van der Waals surface area contributed by atoms with Crippen LogP contribution in [0.5, 0.6) is 5.75 Å². The molecular weight excluding hydrogens is 288 g/mol. The highest BCUT2D eigenvalue weighted by atomic mass is 79.9. The Labute approximate surface area is 117 Å². The third-order valence-electron chi connectivity index (χ3n) is 3.00. The smallest absolute Gasteiger partial charge is 0.118 e. The van der Waals surface area contributed by atoms with Gasteiger partial charge in [-0.3, -0.25) is 0 Å². The summed E-state index contributed by atoms with van der Waals surface area (Å²) in [5.74, 6) is 0.923. The van der Waals surface area contributed by atoms with E-state index in [0.717, 1.165) is 23.1 Å². The van der Waals surface area contributed by atoms with Gasteiger partial charge in [0.1, 0.15) is 5.75 Å². The number of rotatable bonds is 5. The summed E-state index contributed by atoms with van der Waals surface area (Å²) in [6.07, 6.45) is 3.41. The number of aryl methyl sites for hydroxylation is 2. The van der Waals surface area contributed by atoms with Crippen LogP contribution in [0.1, 0.15) is 17.5 Å². The van der Waals surface area contributed by atoms with E-state index in [-0.39, 0.29) is 0 Å². The molecule has 2 heteroatoms. The molecule has 0 spiro atoms. The summed E-state index contributed by atoms with van der Waals surface area (Å²) < 4.78 is 6.29. The fourth-order valence-electron chi connectivity index (χ4n) is 1.94. The van der Waals surface area contributed by atoms with Crippen LogP contribution in [0.3, 0.4) is 0 Å². The monoisotopic (exact) mass is 304 g/mol. The van der Waals surface area contributed by atoms with Gasteiger partial charge in [0.15, 0.2) is 0 Å². The van der Waals surface area contributed by atoms with Crippen molar-refractivity contribution in [3.63, 3.8) is 0 Å². The molecular formula is C16H17BrO. The minimum Gasteiger partial charge on any atom is -0.497 e. The molecule has 2 aromatic rings. The SMILES string of the molecule is COc1ccc(CCCc2ccc(Br)cc2)cc1. The predicted octanol–water partition coefficient (Wildman–Crippen LogP) is 4.63. The molecule has 0 saturated carbocycles. The van der Waals surface area contributed by atoms with E-state index in [2.05, 4.69) is 52.3 Å².